The molecule has 1 fully saturated rings. The van der Waals surface area contributed by atoms with Crippen molar-refractivity contribution in [3.63, 3.8) is 0 Å². The second-order valence-electron chi connectivity index (χ2n) is 5.14. The minimum atomic E-state index is -0.0936. The molecular formula is C15H23FN2. The van der Waals surface area contributed by atoms with Crippen LogP contribution in [0.5, 0.6) is 0 Å². The van der Waals surface area contributed by atoms with E-state index in [0.717, 1.165) is 31.5 Å². The number of hydrogen-bond acceptors (Lipinski definition) is 2. The standard InChI is InChI=1S/C15H23FN2/c1-2-9-18-10-5-6-12(11-17)15(18)13-7-3-4-8-14(13)16/h3-4,7-8,12,15H,2,5-6,9-11,17H2,1H3. The molecule has 2 nitrogen and oxygen atoms in total. The summed E-state index contributed by atoms with van der Waals surface area (Å²) in [6.45, 7) is 4.89. The van der Waals surface area contributed by atoms with Crippen molar-refractivity contribution in [3.05, 3.63) is 35.6 Å². The zero-order valence-electron chi connectivity index (χ0n) is 11.1. The highest BCUT2D eigenvalue weighted by Crippen LogP contribution is 2.36. The van der Waals surface area contributed by atoms with E-state index in [0.29, 0.717) is 12.5 Å². The first-order valence-corrected chi connectivity index (χ1v) is 6.96. The van der Waals surface area contributed by atoms with Crippen molar-refractivity contribution < 1.29 is 4.39 Å². The SMILES string of the molecule is CCCN1CCCC(CN)C1c1ccccc1F. The number of rotatable bonds is 4. The fraction of sp³-hybridized carbons (Fsp3) is 0.600. The van der Waals surface area contributed by atoms with E-state index < -0.39 is 0 Å². The van der Waals surface area contributed by atoms with Crippen molar-refractivity contribution in [1.29, 1.82) is 0 Å². The van der Waals surface area contributed by atoms with Crippen LogP contribution in [0.15, 0.2) is 24.3 Å². The van der Waals surface area contributed by atoms with E-state index >= 15 is 0 Å². The van der Waals surface area contributed by atoms with Crippen molar-refractivity contribution in [3.8, 4) is 0 Å². The third-order valence-electron chi connectivity index (χ3n) is 3.90. The lowest BCUT2D eigenvalue weighted by molar-refractivity contribution is 0.0933. The molecule has 2 atom stereocenters. The summed E-state index contributed by atoms with van der Waals surface area (Å²) in [5, 5.41) is 0. The van der Waals surface area contributed by atoms with Gasteiger partial charge >= 0.3 is 0 Å². The van der Waals surface area contributed by atoms with Crippen molar-refractivity contribution in [1.82, 2.24) is 4.90 Å². The Bertz CT molecular complexity index is 379. The van der Waals surface area contributed by atoms with Gasteiger partial charge in [-0.25, -0.2) is 4.39 Å². The van der Waals surface area contributed by atoms with E-state index in [9.17, 15) is 4.39 Å². The molecule has 0 spiro atoms. The minimum absolute atomic E-state index is 0.0936. The maximum Gasteiger partial charge on any atom is 0.127 e. The van der Waals surface area contributed by atoms with Gasteiger partial charge in [-0.05, 0) is 50.9 Å². The van der Waals surface area contributed by atoms with Crippen molar-refractivity contribution >= 4 is 0 Å². The van der Waals surface area contributed by atoms with E-state index in [4.69, 9.17) is 5.73 Å². The first-order chi connectivity index (χ1) is 8.77. The normalized spacial score (nSPS) is 25.3. The quantitative estimate of drug-likeness (QED) is 0.890. The molecule has 0 bridgehead atoms. The topological polar surface area (TPSA) is 29.3 Å². The molecule has 1 saturated heterocycles. The summed E-state index contributed by atoms with van der Waals surface area (Å²) in [6, 6.07) is 7.30. The van der Waals surface area contributed by atoms with Gasteiger partial charge in [-0.2, -0.15) is 0 Å². The van der Waals surface area contributed by atoms with Crippen LogP contribution in [-0.4, -0.2) is 24.5 Å². The first kappa shape index (κ1) is 13.5. The summed E-state index contributed by atoms with van der Waals surface area (Å²) >= 11 is 0. The molecule has 2 unspecified atom stereocenters. The fourth-order valence-electron chi connectivity index (χ4n) is 3.10. The average Bonchev–Trinajstić information content (AvgIpc) is 2.40. The summed E-state index contributed by atoms with van der Waals surface area (Å²) in [5.41, 5.74) is 6.71. The highest BCUT2D eigenvalue weighted by Gasteiger charge is 2.32. The van der Waals surface area contributed by atoms with E-state index in [-0.39, 0.29) is 11.9 Å². The summed E-state index contributed by atoms with van der Waals surface area (Å²) in [4.78, 5) is 2.40. The molecule has 1 aliphatic rings. The third-order valence-corrected chi connectivity index (χ3v) is 3.90. The summed E-state index contributed by atoms with van der Waals surface area (Å²) in [7, 11) is 0. The molecule has 2 N–H and O–H groups in total. The molecule has 1 aliphatic heterocycles. The van der Waals surface area contributed by atoms with Gasteiger partial charge in [0.2, 0.25) is 0 Å². The second kappa shape index (κ2) is 6.30. The van der Waals surface area contributed by atoms with Crippen LogP contribution in [0.1, 0.15) is 37.8 Å². The van der Waals surface area contributed by atoms with Crippen LogP contribution in [0.3, 0.4) is 0 Å². The second-order valence-corrected chi connectivity index (χ2v) is 5.14. The smallest absolute Gasteiger partial charge is 0.127 e. The van der Waals surface area contributed by atoms with Gasteiger partial charge in [0, 0.05) is 11.6 Å². The summed E-state index contributed by atoms with van der Waals surface area (Å²) in [6.07, 6.45) is 3.38. The summed E-state index contributed by atoms with van der Waals surface area (Å²) < 4.78 is 14.0. The molecule has 0 aromatic heterocycles. The maximum atomic E-state index is 14.0. The first-order valence-electron chi connectivity index (χ1n) is 6.96. The third kappa shape index (κ3) is 2.73. The zero-order valence-corrected chi connectivity index (χ0v) is 11.1. The predicted molar refractivity (Wildman–Crippen MR) is 72.8 cm³/mol. The number of halogens is 1. The Hall–Kier alpha value is -0.930. The molecule has 2 rings (SSSR count). The van der Waals surface area contributed by atoms with Crippen molar-refractivity contribution in [2.45, 2.75) is 32.2 Å². The predicted octanol–water partition coefficient (Wildman–Crippen LogP) is 2.95. The van der Waals surface area contributed by atoms with Gasteiger partial charge < -0.3 is 5.73 Å². The molecule has 1 aromatic rings. The van der Waals surface area contributed by atoms with Gasteiger partial charge in [-0.15, -0.1) is 0 Å². The van der Waals surface area contributed by atoms with Crippen LogP contribution in [0.25, 0.3) is 0 Å². The lowest BCUT2D eigenvalue weighted by Crippen LogP contribution is -2.42. The Morgan fingerprint density at radius 1 is 1.39 bits per heavy atom. The van der Waals surface area contributed by atoms with Gasteiger partial charge in [0.05, 0.1) is 0 Å². The summed E-state index contributed by atoms with van der Waals surface area (Å²) in [5.74, 6) is 0.283. The zero-order chi connectivity index (χ0) is 13.0. The molecule has 0 saturated carbocycles. The van der Waals surface area contributed by atoms with E-state index in [2.05, 4.69) is 11.8 Å². The van der Waals surface area contributed by atoms with E-state index in [1.54, 1.807) is 12.1 Å². The molecule has 1 heterocycles. The largest absolute Gasteiger partial charge is 0.330 e. The van der Waals surface area contributed by atoms with Gasteiger partial charge in [-0.3, -0.25) is 4.90 Å². The molecule has 0 amide bonds. The lowest BCUT2D eigenvalue weighted by Gasteiger charge is -2.41. The number of piperidine rings is 1. The van der Waals surface area contributed by atoms with Gasteiger partial charge in [0.15, 0.2) is 0 Å². The number of hydrogen-bond donors (Lipinski definition) is 1. The van der Waals surface area contributed by atoms with Crippen molar-refractivity contribution in [2.24, 2.45) is 11.7 Å². The molecular weight excluding hydrogens is 227 g/mol. The minimum Gasteiger partial charge on any atom is -0.330 e. The maximum absolute atomic E-state index is 14.0. The van der Waals surface area contributed by atoms with Crippen LogP contribution in [0.4, 0.5) is 4.39 Å². The Balaban J connectivity index is 2.30. The van der Waals surface area contributed by atoms with Crippen LogP contribution < -0.4 is 5.73 Å². The molecule has 0 aliphatic carbocycles. The Kier molecular flexibility index (Phi) is 4.72. The van der Waals surface area contributed by atoms with Crippen LogP contribution in [0, 0.1) is 11.7 Å². The monoisotopic (exact) mass is 250 g/mol. The van der Waals surface area contributed by atoms with Gasteiger partial charge in [-0.1, -0.05) is 25.1 Å². The van der Waals surface area contributed by atoms with Crippen LogP contribution in [0.2, 0.25) is 0 Å². The molecule has 3 heteroatoms. The number of benzene rings is 1. The molecule has 0 radical (unpaired) electrons. The average molecular weight is 250 g/mol. The Labute approximate surface area is 109 Å². The van der Waals surface area contributed by atoms with Gasteiger partial charge in [0.1, 0.15) is 5.82 Å². The van der Waals surface area contributed by atoms with Gasteiger partial charge in [0.25, 0.3) is 0 Å². The Morgan fingerprint density at radius 3 is 2.83 bits per heavy atom. The number of likely N-dealkylation sites (tertiary alicyclic amines) is 1. The highest BCUT2D eigenvalue weighted by molar-refractivity contribution is 5.22. The van der Waals surface area contributed by atoms with E-state index in [1.807, 2.05) is 12.1 Å². The number of nitrogens with two attached hydrogens (primary N) is 1. The van der Waals surface area contributed by atoms with Crippen LogP contribution in [-0.2, 0) is 0 Å². The highest BCUT2D eigenvalue weighted by atomic mass is 19.1. The fourth-order valence-corrected chi connectivity index (χ4v) is 3.10. The Morgan fingerprint density at radius 2 is 2.17 bits per heavy atom. The molecule has 18 heavy (non-hydrogen) atoms. The van der Waals surface area contributed by atoms with Crippen LogP contribution >= 0.6 is 0 Å². The van der Waals surface area contributed by atoms with Crippen molar-refractivity contribution in [2.75, 3.05) is 19.6 Å². The molecule has 100 valence electrons. The van der Waals surface area contributed by atoms with E-state index in [1.165, 1.54) is 6.42 Å². The number of nitrogens with zero attached hydrogens (tertiary/aromatic N) is 1. The molecule has 1 aromatic carbocycles. The lowest BCUT2D eigenvalue weighted by atomic mass is 9.84.